The predicted octanol–water partition coefficient (Wildman–Crippen LogP) is 2.04. The van der Waals surface area contributed by atoms with Crippen LogP contribution in [0.15, 0.2) is 0 Å². The van der Waals surface area contributed by atoms with Crippen molar-refractivity contribution in [3.8, 4) is 0 Å². The first-order valence-corrected chi connectivity index (χ1v) is 8.77. The van der Waals surface area contributed by atoms with Gasteiger partial charge in [-0.2, -0.15) is 13.2 Å². The highest BCUT2D eigenvalue weighted by Crippen LogP contribution is 2.13. The van der Waals surface area contributed by atoms with Crippen LogP contribution in [-0.4, -0.2) is 90.8 Å². The molecule has 0 saturated carbocycles. The van der Waals surface area contributed by atoms with Gasteiger partial charge in [-0.3, -0.25) is 0 Å². The fraction of sp³-hybridized carbons (Fsp3) is 1.00. The monoisotopic (exact) mass is 426 g/mol. The molecule has 10 heteroatoms. The van der Waals surface area contributed by atoms with E-state index in [4.69, 9.17) is 23.7 Å². The van der Waals surface area contributed by atoms with Gasteiger partial charge in [0.1, 0.15) is 6.61 Å². The molecule has 0 aliphatic rings. The lowest BCUT2D eigenvalue weighted by Gasteiger charge is -2.09. The van der Waals surface area contributed by atoms with Gasteiger partial charge in [0.25, 0.3) is 0 Å². The maximum Gasteiger partial charge on any atom is 0.411 e. The summed E-state index contributed by atoms with van der Waals surface area (Å²) in [5, 5.41) is 0.812. The number of ether oxygens (including phenoxy) is 6. The number of alkyl halides is 4. The Morgan fingerprint density at radius 1 is 0.500 bits per heavy atom. The van der Waals surface area contributed by atoms with Crippen LogP contribution < -0.4 is 0 Å². The van der Waals surface area contributed by atoms with Crippen molar-refractivity contribution in [2.24, 2.45) is 0 Å². The minimum Gasteiger partial charge on any atom is -0.378 e. The fourth-order valence-corrected chi connectivity index (χ4v) is 1.57. The Bertz CT molecular complexity index is 259. The van der Waals surface area contributed by atoms with Gasteiger partial charge >= 0.3 is 6.18 Å². The standard InChI is InChI=1S/C14H26BrF3O6/c15-1-2-19-3-4-20-5-6-21-7-8-22-9-10-23-11-12-24-13-14(16,17)18/h1-13H2. The summed E-state index contributed by atoms with van der Waals surface area (Å²) in [5.74, 6) is 0. The molecular weight excluding hydrogens is 401 g/mol. The molecule has 146 valence electrons. The van der Waals surface area contributed by atoms with Crippen LogP contribution in [-0.2, 0) is 28.4 Å². The van der Waals surface area contributed by atoms with Gasteiger partial charge in [-0.05, 0) is 0 Å². The van der Waals surface area contributed by atoms with E-state index < -0.39 is 12.8 Å². The molecule has 0 radical (unpaired) electrons. The van der Waals surface area contributed by atoms with Crippen molar-refractivity contribution in [2.45, 2.75) is 6.18 Å². The summed E-state index contributed by atoms with van der Waals surface area (Å²) in [7, 11) is 0. The van der Waals surface area contributed by atoms with E-state index in [0.717, 1.165) is 5.33 Å². The van der Waals surface area contributed by atoms with Gasteiger partial charge in [0.15, 0.2) is 0 Å². The Labute approximate surface area is 149 Å². The molecule has 0 heterocycles. The highest BCUT2D eigenvalue weighted by molar-refractivity contribution is 9.09. The van der Waals surface area contributed by atoms with Crippen LogP contribution in [0, 0.1) is 0 Å². The molecule has 0 bridgehead atoms. The Hall–Kier alpha value is 0.0300. The summed E-state index contributed by atoms with van der Waals surface area (Å²) in [6.07, 6.45) is -4.30. The Balaban J connectivity index is 3.00. The first kappa shape index (κ1) is 24.0. The summed E-state index contributed by atoms with van der Waals surface area (Å²) >= 11 is 3.26. The molecule has 0 N–H and O–H groups in total. The molecule has 0 aromatic rings. The second-order valence-corrected chi connectivity index (χ2v) is 5.21. The van der Waals surface area contributed by atoms with Crippen molar-refractivity contribution in [2.75, 3.05) is 84.6 Å². The van der Waals surface area contributed by atoms with Crippen LogP contribution in [0.3, 0.4) is 0 Å². The van der Waals surface area contributed by atoms with E-state index in [0.29, 0.717) is 59.5 Å². The van der Waals surface area contributed by atoms with Crippen molar-refractivity contribution in [3.05, 3.63) is 0 Å². The van der Waals surface area contributed by atoms with Crippen molar-refractivity contribution in [3.63, 3.8) is 0 Å². The molecule has 0 amide bonds. The molecule has 0 aromatic heterocycles. The zero-order valence-corrected chi connectivity index (χ0v) is 15.2. The Kier molecular flexibility index (Phi) is 17.9. The maximum absolute atomic E-state index is 11.8. The first-order chi connectivity index (χ1) is 11.6. The van der Waals surface area contributed by atoms with Crippen LogP contribution in [0.1, 0.15) is 0 Å². The SMILES string of the molecule is FC(F)(F)COCCOCCOCCOCCOCCOCCBr. The predicted molar refractivity (Wildman–Crippen MR) is 84.8 cm³/mol. The summed E-state index contributed by atoms with van der Waals surface area (Å²) in [6.45, 7) is 3.02. The summed E-state index contributed by atoms with van der Waals surface area (Å²) in [6, 6.07) is 0. The van der Waals surface area contributed by atoms with E-state index in [-0.39, 0.29) is 13.2 Å². The molecule has 24 heavy (non-hydrogen) atoms. The quantitative estimate of drug-likeness (QED) is 0.247. The fourth-order valence-electron chi connectivity index (χ4n) is 1.34. The second kappa shape index (κ2) is 17.8. The van der Waals surface area contributed by atoms with Crippen molar-refractivity contribution in [1.29, 1.82) is 0 Å². The number of hydrogen-bond acceptors (Lipinski definition) is 6. The van der Waals surface area contributed by atoms with E-state index >= 15 is 0 Å². The highest BCUT2D eigenvalue weighted by atomic mass is 79.9. The third kappa shape index (κ3) is 22.0. The van der Waals surface area contributed by atoms with Gasteiger partial charge < -0.3 is 28.4 Å². The van der Waals surface area contributed by atoms with Crippen LogP contribution in [0.5, 0.6) is 0 Å². The lowest BCUT2D eigenvalue weighted by molar-refractivity contribution is -0.176. The van der Waals surface area contributed by atoms with Gasteiger partial charge in [0.2, 0.25) is 0 Å². The summed E-state index contributed by atoms with van der Waals surface area (Å²) < 4.78 is 65.7. The smallest absolute Gasteiger partial charge is 0.378 e. The second-order valence-electron chi connectivity index (χ2n) is 4.42. The number of hydrogen-bond donors (Lipinski definition) is 0. The molecule has 0 aliphatic carbocycles. The molecule has 0 unspecified atom stereocenters. The van der Waals surface area contributed by atoms with Crippen LogP contribution in [0.2, 0.25) is 0 Å². The zero-order valence-electron chi connectivity index (χ0n) is 13.7. The van der Waals surface area contributed by atoms with Crippen molar-refractivity contribution >= 4 is 15.9 Å². The first-order valence-electron chi connectivity index (χ1n) is 7.65. The van der Waals surface area contributed by atoms with Gasteiger partial charge in [0.05, 0.1) is 72.7 Å². The molecular formula is C14H26BrF3O6. The average Bonchev–Trinajstić information content (AvgIpc) is 2.52. The van der Waals surface area contributed by atoms with Crippen LogP contribution in [0.4, 0.5) is 13.2 Å². The normalized spacial score (nSPS) is 12.0. The third-order valence-electron chi connectivity index (χ3n) is 2.35. The summed E-state index contributed by atoms with van der Waals surface area (Å²) in [4.78, 5) is 0. The zero-order chi connectivity index (χ0) is 17.9. The summed E-state index contributed by atoms with van der Waals surface area (Å²) in [5.41, 5.74) is 0. The lowest BCUT2D eigenvalue weighted by Crippen LogP contribution is -2.19. The van der Waals surface area contributed by atoms with E-state index in [1.807, 2.05) is 0 Å². The number of halogens is 4. The van der Waals surface area contributed by atoms with Gasteiger partial charge in [-0.25, -0.2) is 0 Å². The van der Waals surface area contributed by atoms with E-state index in [1.165, 1.54) is 0 Å². The van der Waals surface area contributed by atoms with E-state index in [1.54, 1.807) is 0 Å². The molecule has 0 fully saturated rings. The minimum atomic E-state index is -4.30. The van der Waals surface area contributed by atoms with Gasteiger partial charge in [-0.15, -0.1) is 0 Å². The topological polar surface area (TPSA) is 55.4 Å². The van der Waals surface area contributed by atoms with Crippen molar-refractivity contribution in [1.82, 2.24) is 0 Å². The van der Waals surface area contributed by atoms with Gasteiger partial charge in [0, 0.05) is 5.33 Å². The minimum absolute atomic E-state index is 0.0935. The largest absolute Gasteiger partial charge is 0.411 e. The van der Waals surface area contributed by atoms with E-state index in [9.17, 15) is 13.2 Å². The van der Waals surface area contributed by atoms with Crippen LogP contribution >= 0.6 is 15.9 Å². The average molecular weight is 427 g/mol. The maximum atomic E-state index is 11.8. The molecule has 0 aromatic carbocycles. The van der Waals surface area contributed by atoms with E-state index in [2.05, 4.69) is 20.7 Å². The molecule has 0 spiro atoms. The Morgan fingerprint density at radius 3 is 1.08 bits per heavy atom. The van der Waals surface area contributed by atoms with Gasteiger partial charge in [-0.1, -0.05) is 15.9 Å². The molecule has 6 nitrogen and oxygen atoms in total. The lowest BCUT2D eigenvalue weighted by atomic mass is 10.6. The third-order valence-corrected chi connectivity index (χ3v) is 2.67. The molecule has 0 atom stereocenters. The Morgan fingerprint density at radius 2 is 0.792 bits per heavy atom. The highest BCUT2D eigenvalue weighted by Gasteiger charge is 2.27. The van der Waals surface area contributed by atoms with Crippen molar-refractivity contribution < 1.29 is 41.6 Å². The van der Waals surface area contributed by atoms with Crippen LogP contribution in [0.25, 0.3) is 0 Å². The molecule has 0 aliphatic heterocycles. The molecule has 0 rings (SSSR count). The number of rotatable bonds is 18. The molecule has 0 saturated heterocycles.